The number of hydrogen-bond acceptors (Lipinski definition) is 4. The monoisotopic (exact) mass is 280 g/mol. The Hall–Kier alpha value is -0.610. The maximum absolute atomic E-state index is 11.7. The van der Waals surface area contributed by atoms with Crippen molar-refractivity contribution in [1.82, 2.24) is 4.90 Å². The fraction of sp³-hybridized carbons (Fsp3) is 0.562. The molecule has 0 heterocycles. The Morgan fingerprint density at radius 2 is 1.80 bits per heavy atom. The van der Waals surface area contributed by atoms with Gasteiger partial charge in [-0.2, -0.15) is 0 Å². The standard InChI is InChI=1S/C16H28N2O2/c1-6-11-18(12-7-2)13-9-8-10-14(17)15(19)20-16(3,4)5/h6-7,11-12,14H,1-2,8-10,13,17H2,3-5H3. The molecule has 0 aliphatic rings. The third kappa shape index (κ3) is 10.2. The van der Waals surface area contributed by atoms with Gasteiger partial charge < -0.3 is 10.5 Å². The molecule has 2 N–H and O–H groups in total. The molecule has 0 aliphatic carbocycles. The van der Waals surface area contributed by atoms with Crippen molar-refractivity contribution in [3.8, 4) is 0 Å². The first-order valence-electron chi connectivity index (χ1n) is 6.96. The van der Waals surface area contributed by atoms with Crippen LogP contribution in [0.2, 0.25) is 0 Å². The zero-order chi connectivity index (χ0) is 15.6. The largest absolute Gasteiger partial charge is 0.459 e. The van der Waals surface area contributed by atoms with Gasteiger partial charge in [0.05, 0.1) is 0 Å². The fourth-order valence-corrected chi connectivity index (χ4v) is 1.62. The van der Waals surface area contributed by atoms with Gasteiger partial charge >= 0.3 is 5.97 Å². The van der Waals surface area contributed by atoms with Crippen LogP contribution in [-0.4, -0.2) is 29.1 Å². The van der Waals surface area contributed by atoms with E-state index in [1.165, 1.54) is 0 Å². The van der Waals surface area contributed by atoms with Crippen LogP contribution in [0.5, 0.6) is 0 Å². The molecule has 1 atom stereocenters. The van der Waals surface area contributed by atoms with Crippen LogP contribution in [0.15, 0.2) is 0 Å². The number of nitrogens with two attached hydrogens (primary N) is 1. The van der Waals surface area contributed by atoms with Gasteiger partial charge in [0.2, 0.25) is 0 Å². The summed E-state index contributed by atoms with van der Waals surface area (Å²) < 4.78 is 5.24. The van der Waals surface area contributed by atoms with E-state index in [1.54, 1.807) is 12.8 Å². The first kappa shape index (κ1) is 19.4. The van der Waals surface area contributed by atoms with E-state index in [9.17, 15) is 4.79 Å². The van der Waals surface area contributed by atoms with Crippen molar-refractivity contribution in [3.63, 3.8) is 0 Å². The van der Waals surface area contributed by atoms with Gasteiger partial charge in [0.1, 0.15) is 11.6 Å². The minimum atomic E-state index is -0.547. The highest BCUT2D eigenvalue weighted by atomic mass is 16.6. The maximum atomic E-state index is 11.7. The molecule has 114 valence electrons. The summed E-state index contributed by atoms with van der Waals surface area (Å²) in [6.07, 6.45) is 5.89. The van der Waals surface area contributed by atoms with E-state index in [1.807, 2.05) is 38.8 Å². The Bertz CT molecular complexity index is 256. The number of esters is 1. The first-order chi connectivity index (χ1) is 9.30. The maximum Gasteiger partial charge on any atom is 0.323 e. The summed E-state index contributed by atoms with van der Waals surface area (Å²) in [5.41, 5.74) is 5.34. The van der Waals surface area contributed by atoms with Crippen molar-refractivity contribution in [3.05, 3.63) is 39.8 Å². The van der Waals surface area contributed by atoms with Crippen molar-refractivity contribution < 1.29 is 9.53 Å². The van der Waals surface area contributed by atoms with E-state index in [0.29, 0.717) is 6.42 Å². The zero-order valence-electron chi connectivity index (χ0n) is 13.0. The lowest BCUT2D eigenvalue weighted by Crippen LogP contribution is -2.37. The van der Waals surface area contributed by atoms with Crippen LogP contribution in [0, 0.1) is 39.8 Å². The van der Waals surface area contributed by atoms with Crippen LogP contribution in [0.25, 0.3) is 0 Å². The predicted molar refractivity (Wildman–Crippen MR) is 82.3 cm³/mol. The lowest BCUT2D eigenvalue weighted by Gasteiger charge is -2.22. The van der Waals surface area contributed by atoms with Gasteiger partial charge in [-0.1, -0.05) is 6.42 Å². The summed E-state index contributed by atoms with van der Waals surface area (Å²) >= 11 is 0. The van der Waals surface area contributed by atoms with E-state index >= 15 is 0 Å². The SMILES string of the molecule is [CH2][CH][CH]N([CH][CH][CH2])CCCCC(N)C(=O)OC(C)(C)C. The third-order valence-corrected chi connectivity index (χ3v) is 2.48. The van der Waals surface area contributed by atoms with E-state index < -0.39 is 11.6 Å². The van der Waals surface area contributed by atoms with Gasteiger partial charge in [-0.25, -0.2) is 0 Å². The van der Waals surface area contributed by atoms with Gasteiger partial charge in [-0.3, -0.25) is 9.69 Å². The van der Waals surface area contributed by atoms with Crippen molar-refractivity contribution in [1.29, 1.82) is 0 Å². The Labute approximate surface area is 125 Å². The molecule has 0 aromatic carbocycles. The molecule has 0 spiro atoms. The van der Waals surface area contributed by atoms with Gasteiger partial charge in [0.15, 0.2) is 0 Å². The summed E-state index contributed by atoms with van der Waals surface area (Å²) in [7, 11) is 0. The smallest absolute Gasteiger partial charge is 0.323 e. The predicted octanol–water partition coefficient (Wildman–Crippen LogP) is 2.53. The number of ether oxygens (including phenoxy) is 1. The minimum absolute atomic E-state index is 0.329. The van der Waals surface area contributed by atoms with Crippen LogP contribution >= 0.6 is 0 Å². The second-order valence-electron chi connectivity index (χ2n) is 5.64. The molecule has 20 heavy (non-hydrogen) atoms. The number of carbonyl (C=O) groups excluding carboxylic acids is 1. The summed E-state index contributed by atoms with van der Waals surface area (Å²) in [5.74, 6) is -0.329. The molecule has 0 aromatic heterocycles. The van der Waals surface area contributed by atoms with Crippen molar-refractivity contribution in [2.45, 2.75) is 51.7 Å². The first-order valence-corrected chi connectivity index (χ1v) is 6.96. The molecule has 4 heteroatoms. The molecular weight excluding hydrogens is 252 g/mol. The molecule has 0 bridgehead atoms. The van der Waals surface area contributed by atoms with E-state index in [2.05, 4.69) is 13.8 Å². The quantitative estimate of drug-likeness (QED) is 0.493. The number of carbonyl (C=O) groups is 1. The van der Waals surface area contributed by atoms with Gasteiger partial charge in [0, 0.05) is 13.1 Å². The molecular formula is C16H28N2O2. The molecule has 0 amide bonds. The molecule has 0 fully saturated rings. The van der Waals surface area contributed by atoms with Crippen LogP contribution < -0.4 is 5.73 Å². The zero-order valence-corrected chi connectivity index (χ0v) is 13.0. The number of hydrogen-bond donors (Lipinski definition) is 1. The molecule has 0 rings (SSSR count). The topological polar surface area (TPSA) is 55.6 Å². The van der Waals surface area contributed by atoms with Crippen LogP contribution in [0.3, 0.4) is 0 Å². The molecule has 0 aliphatic heterocycles. The summed E-state index contributed by atoms with van der Waals surface area (Å²) in [5, 5.41) is 0. The van der Waals surface area contributed by atoms with Crippen molar-refractivity contribution in [2.75, 3.05) is 6.54 Å². The summed E-state index contributed by atoms with van der Waals surface area (Å²) in [6.45, 7) is 17.5. The lowest BCUT2D eigenvalue weighted by molar-refractivity contribution is -0.156. The van der Waals surface area contributed by atoms with Gasteiger partial charge in [-0.05, 0) is 66.8 Å². The molecule has 0 saturated heterocycles. The van der Waals surface area contributed by atoms with E-state index in [0.717, 1.165) is 19.4 Å². The van der Waals surface area contributed by atoms with Crippen LogP contribution in [-0.2, 0) is 9.53 Å². The van der Waals surface area contributed by atoms with Crippen LogP contribution in [0.4, 0.5) is 0 Å². The summed E-state index contributed by atoms with van der Waals surface area (Å²) in [6, 6.07) is -0.547. The Morgan fingerprint density at radius 3 is 2.25 bits per heavy atom. The van der Waals surface area contributed by atoms with Gasteiger partial charge in [-0.15, -0.1) is 0 Å². The Kier molecular flexibility index (Phi) is 9.86. The minimum Gasteiger partial charge on any atom is -0.459 e. The highest BCUT2D eigenvalue weighted by Crippen LogP contribution is 2.11. The normalized spacial score (nSPS) is 13.6. The Morgan fingerprint density at radius 1 is 1.25 bits per heavy atom. The number of rotatable bonds is 10. The highest BCUT2D eigenvalue weighted by molar-refractivity contribution is 5.75. The van der Waals surface area contributed by atoms with Crippen LogP contribution in [0.1, 0.15) is 40.0 Å². The lowest BCUT2D eigenvalue weighted by atomic mass is 10.1. The van der Waals surface area contributed by atoms with Crippen molar-refractivity contribution in [2.24, 2.45) is 5.73 Å². The third-order valence-electron chi connectivity index (χ3n) is 2.48. The molecule has 0 aromatic rings. The molecule has 1 unspecified atom stereocenters. The highest BCUT2D eigenvalue weighted by Gasteiger charge is 2.21. The molecule has 4 nitrogen and oxygen atoms in total. The Balaban J connectivity index is 3.84. The second-order valence-corrected chi connectivity index (χ2v) is 5.64. The fourth-order valence-electron chi connectivity index (χ4n) is 1.62. The number of unbranched alkanes of at least 4 members (excludes halogenated alkanes) is 1. The molecule has 0 saturated carbocycles. The van der Waals surface area contributed by atoms with Crippen molar-refractivity contribution >= 4 is 5.97 Å². The van der Waals surface area contributed by atoms with Gasteiger partial charge in [0.25, 0.3) is 0 Å². The van der Waals surface area contributed by atoms with E-state index in [-0.39, 0.29) is 5.97 Å². The molecule has 6 radical (unpaired) electrons. The average Bonchev–Trinajstić information content (AvgIpc) is 2.32. The summed E-state index contributed by atoms with van der Waals surface area (Å²) in [4.78, 5) is 13.7. The second kappa shape index (κ2) is 10.2. The van der Waals surface area contributed by atoms with E-state index in [4.69, 9.17) is 10.5 Å². The number of nitrogens with zero attached hydrogens (tertiary/aromatic N) is 1. The average molecular weight is 280 g/mol.